The van der Waals surface area contributed by atoms with E-state index in [1.165, 1.54) is 17.4 Å². The van der Waals surface area contributed by atoms with E-state index in [1.54, 1.807) is 22.3 Å². The van der Waals surface area contributed by atoms with Gasteiger partial charge in [-0.15, -0.1) is 16.4 Å². The third-order valence-electron chi connectivity index (χ3n) is 3.05. The van der Waals surface area contributed by atoms with E-state index in [0.29, 0.717) is 10.9 Å². The summed E-state index contributed by atoms with van der Waals surface area (Å²) >= 11 is 1.31. The largest absolute Gasteiger partial charge is 0.300 e. The molecule has 0 aliphatic carbocycles. The van der Waals surface area contributed by atoms with Gasteiger partial charge in [-0.1, -0.05) is 0 Å². The number of thiazole rings is 1. The molecule has 0 saturated heterocycles. The van der Waals surface area contributed by atoms with Crippen LogP contribution in [0.4, 0.5) is 5.13 Å². The first-order valence-corrected chi connectivity index (χ1v) is 7.72. The third kappa shape index (κ3) is 3.34. The zero-order chi connectivity index (χ0) is 16.4. The summed E-state index contributed by atoms with van der Waals surface area (Å²) in [7, 11) is 0. The summed E-state index contributed by atoms with van der Waals surface area (Å²) in [5.74, 6) is 0.123. The average molecular weight is 330 g/mol. The molecule has 0 aliphatic heterocycles. The van der Waals surface area contributed by atoms with E-state index >= 15 is 0 Å². The zero-order valence-electron chi connectivity index (χ0n) is 12.6. The summed E-state index contributed by atoms with van der Waals surface area (Å²) in [6.45, 7) is 3.58. The van der Waals surface area contributed by atoms with Crippen LogP contribution in [-0.2, 0) is 11.3 Å². The molecule has 0 spiro atoms. The second-order valence-corrected chi connectivity index (χ2v) is 5.81. The standard InChI is InChI=1S/C14H14N6O2S/c1-9-7-10(2)20(17-9)11-3-4-13(22)19(18-11)8-12(21)16-14-15-5-6-23-14/h3-7H,8H2,1-2H3,(H,15,16,21). The van der Waals surface area contributed by atoms with Gasteiger partial charge in [0, 0.05) is 23.3 Å². The zero-order valence-corrected chi connectivity index (χ0v) is 13.4. The van der Waals surface area contributed by atoms with Crippen LogP contribution in [0.3, 0.4) is 0 Å². The molecular formula is C14H14N6O2S. The monoisotopic (exact) mass is 330 g/mol. The Labute approximate surface area is 135 Å². The van der Waals surface area contributed by atoms with Crippen LogP contribution in [0.25, 0.3) is 5.82 Å². The van der Waals surface area contributed by atoms with Crippen LogP contribution in [0.2, 0.25) is 0 Å². The van der Waals surface area contributed by atoms with Gasteiger partial charge in [0.15, 0.2) is 10.9 Å². The molecule has 0 fully saturated rings. The first-order chi connectivity index (χ1) is 11.0. The van der Waals surface area contributed by atoms with Crippen LogP contribution in [0, 0.1) is 13.8 Å². The van der Waals surface area contributed by atoms with Gasteiger partial charge in [0.05, 0.1) is 5.69 Å². The predicted molar refractivity (Wildman–Crippen MR) is 85.8 cm³/mol. The van der Waals surface area contributed by atoms with Crippen LogP contribution < -0.4 is 10.9 Å². The summed E-state index contributed by atoms with van der Waals surface area (Å²) in [6.07, 6.45) is 1.59. The molecule has 3 heterocycles. The Morgan fingerprint density at radius 3 is 2.78 bits per heavy atom. The summed E-state index contributed by atoms with van der Waals surface area (Å²) in [5, 5.41) is 13.4. The fourth-order valence-electron chi connectivity index (χ4n) is 2.11. The molecule has 0 aliphatic rings. The van der Waals surface area contributed by atoms with Gasteiger partial charge in [-0.25, -0.2) is 14.3 Å². The molecule has 1 amide bonds. The van der Waals surface area contributed by atoms with E-state index < -0.39 is 0 Å². The second kappa shape index (κ2) is 6.13. The van der Waals surface area contributed by atoms with Gasteiger partial charge in [0.2, 0.25) is 5.91 Å². The summed E-state index contributed by atoms with van der Waals surface area (Å²) in [6, 6.07) is 4.86. The highest BCUT2D eigenvalue weighted by atomic mass is 32.1. The molecule has 9 heteroatoms. The smallest absolute Gasteiger partial charge is 0.267 e. The molecule has 118 valence electrons. The van der Waals surface area contributed by atoms with Crippen molar-refractivity contribution in [3.63, 3.8) is 0 Å². The van der Waals surface area contributed by atoms with E-state index in [0.717, 1.165) is 16.1 Å². The number of carbonyl (C=O) groups is 1. The molecule has 23 heavy (non-hydrogen) atoms. The van der Waals surface area contributed by atoms with Gasteiger partial charge in [0.1, 0.15) is 6.54 Å². The lowest BCUT2D eigenvalue weighted by Crippen LogP contribution is -2.30. The maximum Gasteiger partial charge on any atom is 0.267 e. The van der Waals surface area contributed by atoms with E-state index in [-0.39, 0.29) is 18.0 Å². The number of aryl methyl sites for hydroxylation is 2. The number of hydrogen-bond donors (Lipinski definition) is 1. The molecular weight excluding hydrogens is 316 g/mol. The van der Waals surface area contributed by atoms with Crippen LogP contribution in [0.1, 0.15) is 11.4 Å². The number of rotatable bonds is 4. The van der Waals surface area contributed by atoms with Crippen molar-refractivity contribution in [3.05, 3.63) is 51.5 Å². The van der Waals surface area contributed by atoms with E-state index in [4.69, 9.17) is 0 Å². The van der Waals surface area contributed by atoms with Crippen molar-refractivity contribution in [2.24, 2.45) is 0 Å². The van der Waals surface area contributed by atoms with Gasteiger partial charge < -0.3 is 5.32 Å². The quantitative estimate of drug-likeness (QED) is 0.774. The number of anilines is 1. The minimum Gasteiger partial charge on any atom is -0.300 e. The maximum atomic E-state index is 12.0. The Morgan fingerprint density at radius 2 is 2.13 bits per heavy atom. The number of hydrogen-bond acceptors (Lipinski definition) is 6. The average Bonchev–Trinajstić information content (AvgIpc) is 3.11. The Balaban J connectivity index is 1.85. The van der Waals surface area contributed by atoms with Crippen LogP contribution in [0.5, 0.6) is 0 Å². The van der Waals surface area contributed by atoms with Crippen LogP contribution in [-0.4, -0.2) is 30.5 Å². The topological polar surface area (TPSA) is 94.7 Å². The lowest BCUT2D eigenvalue weighted by molar-refractivity contribution is -0.117. The fourth-order valence-corrected chi connectivity index (χ4v) is 2.65. The first kappa shape index (κ1) is 15.1. The Kier molecular flexibility index (Phi) is 4.02. The van der Waals surface area contributed by atoms with Crippen molar-refractivity contribution in [2.45, 2.75) is 20.4 Å². The van der Waals surface area contributed by atoms with Gasteiger partial charge in [-0.3, -0.25) is 9.59 Å². The van der Waals surface area contributed by atoms with Gasteiger partial charge in [0.25, 0.3) is 5.56 Å². The SMILES string of the molecule is Cc1cc(C)n(-c2ccc(=O)n(CC(=O)Nc3nccs3)n2)n1. The van der Waals surface area contributed by atoms with Crippen molar-refractivity contribution in [2.75, 3.05) is 5.32 Å². The molecule has 0 aromatic carbocycles. The molecule has 0 radical (unpaired) electrons. The molecule has 0 unspecified atom stereocenters. The highest BCUT2D eigenvalue weighted by molar-refractivity contribution is 7.13. The number of aromatic nitrogens is 5. The molecule has 0 bridgehead atoms. The van der Waals surface area contributed by atoms with E-state index in [9.17, 15) is 9.59 Å². The Bertz CT molecular complexity index is 896. The molecule has 3 aromatic rings. The Morgan fingerprint density at radius 1 is 1.30 bits per heavy atom. The highest BCUT2D eigenvalue weighted by Crippen LogP contribution is 2.10. The number of nitrogens with one attached hydrogen (secondary N) is 1. The van der Waals surface area contributed by atoms with Gasteiger partial charge >= 0.3 is 0 Å². The van der Waals surface area contributed by atoms with Gasteiger partial charge in [-0.05, 0) is 26.0 Å². The summed E-state index contributed by atoms with van der Waals surface area (Å²) in [4.78, 5) is 27.9. The first-order valence-electron chi connectivity index (χ1n) is 6.84. The fraction of sp³-hybridized carbons (Fsp3) is 0.214. The minimum absolute atomic E-state index is 0.189. The summed E-state index contributed by atoms with van der Waals surface area (Å²) < 4.78 is 2.73. The van der Waals surface area contributed by atoms with Crippen molar-refractivity contribution < 1.29 is 4.79 Å². The molecule has 3 rings (SSSR count). The molecule has 8 nitrogen and oxygen atoms in total. The molecule has 3 aromatic heterocycles. The number of amides is 1. The normalized spacial score (nSPS) is 10.7. The van der Waals surface area contributed by atoms with Crippen molar-refractivity contribution in [1.82, 2.24) is 24.5 Å². The minimum atomic E-state index is -0.361. The highest BCUT2D eigenvalue weighted by Gasteiger charge is 2.11. The van der Waals surface area contributed by atoms with Crippen LogP contribution in [0.15, 0.2) is 34.6 Å². The Hall–Kier alpha value is -2.81. The predicted octanol–water partition coefficient (Wildman–Crippen LogP) is 1.14. The number of carbonyl (C=O) groups excluding carboxylic acids is 1. The maximum absolute atomic E-state index is 12.0. The second-order valence-electron chi connectivity index (χ2n) is 4.91. The third-order valence-corrected chi connectivity index (χ3v) is 3.74. The van der Waals surface area contributed by atoms with Crippen molar-refractivity contribution >= 4 is 22.4 Å². The van der Waals surface area contributed by atoms with Crippen molar-refractivity contribution in [1.29, 1.82) is 0 Å². The lowest BCUT2D eigenvalue weighted by Gasteiger charge is -2.08. The molecule has 1 N–H and O–H groups in total. The molecule has 0 saturated carbocycles. The van der Waals surface area contributed by atoms with E-state index in [1.807, 2.05) is 19.9 Å². The van der Waals surface area contributed by atoms with Crippen molar-refractivity contribution in [3.8, 4) is 5.82 Å². The summed E-state index contributed by atoms with van der Waals surface area (Å²) in [5.41, 5.74) is 1.39. The van der Waals surface area contributed by atoms with Gasteiger partial charge in [-0.2, -0.15) is 5.10 Å². The van der Waals surface area contributed by atoms with Crippen LogP contribution >= 0.6 is 11.3 Å². The molecule has 0 atom stereocenters. The lowest BCUT2D eigenvalue weighted by atomic mass is 10.4. The van der Waals surface area contributed by atoms with E-state index in [2.05, 4.69) is 20.5 Å². The number of nitrogens with zero attached hydrogens (tertiary/aromatic N) is 5.